The molecule has 0 amide bonds. The lowest BCUT2D eigenvalue weighted by atomic mass is 11.0. The van der Waals surface area contributed by atoms with Crippen LogP contribution in [0, 0.1) is 0 Å². The fraction of sp³-hybridized carbons (Fsp3) is 1.00. The van der Waals surface area contributed by atoms with Crippen LogP contribution in [-0.4, -0.2) is 0 Å². The predicted octanol–water partition coefficient (Wildman–Crippen LogP) is 16.0. The van der Waals surface area contributed by atoms with Gasteiger partial charge in [0.15, 0.2) is 0 Å². The van der Waals surface area contributed by atoms with Crippen molar-refractivity contribution in [2.75, 3.05) is 0 Å². The molecule has 4 rings (SSSR count). The van der Waals surface area contributed by atoms with Crippen LogP contribution in [0.25, 0.3) is 0 Å². The van der Waals surface area contributed by atoms with Crippen LogP contribution in [-0.2, 0) is 0 Å². The zero-order valence-electron chi connectivity index (χ0n) is 16.5. The van der Waals surface area contributed by atoms with E-state index >= 15 is 0 Å². The fourth-order valence-corrected chi connectivity index (χ4v) is 0. The molecule has 0 bridgehead atoms. The zero-order valence-corrected chi connectivity index (χ0v) is 16.5. The molecule has 4 aliphatic carbocycles. The lowest BCUT2D eigenvalue weighted by molar-refractivity contribution is 1.50. The molecule has 0 saturated heterocycles. The van der Waals surface area contributed by atoms with Gasteiger partial charge in [-0.15, -0.1) is 0 Å². The Morgan fingerprint density at radius 2 is 0.226 bits per heavy atom. The summed E-state index contributed by atoms with van der Waals surface area (Å²) in [5.74, 6) is 0. The van der Waals surface area contributed by atoms with Gasteiger partial charge in [-0.05, 0) is 0 Å². The first kappa shape index (κ1) is 109. The minimum absolute atomic E-state index is 0. The molecule has 0 nitrogen and oxygen atoms in total. The standard InChI is InChI=1S/4C3H6.4C2H6.11CH4.H2/c4*1-2-3-1;4*1-2;;;;;;;;;;;;/h4*1-3H2;4*1-2H3;11*1H4;1H/i;;;;;;;;;;;;;;;;;;;1+2. The van der Waals surface area contributed by atoms with Crippen molar-refractivity contribution < 1.29 is 1.43 Å². The van der Waals surface area contributed by atoms with E-state index in [9.17, 15) is 0 Å². The van der Waals surface area contributed by atoms with Crippen molar-refractivity contribution in [1.29, 1.82) is 0 Å². The molecule has 0 spiro atoms. The smallest absolute Gasteiger partial charge is 0 e. The van der Waals surface area contributed by atoms with E-state index in [1.807, 2.05) is 55.4 Å². The van der Waals surface area contributed by atoms with Gasteiger partial charge in [0.1, 0.15) is 0 Å². The van der Waals surface area contributed by atoms with Crippen LogP contribution in [0.5, 0.6) is 0 Å². The van der Waals surface area contributed by atoms with Crippen molar-refractivity contribution in [1.82, 2.24) is 0 Å². The second kappa shape index (κ2) is 175. The van der Waals surface area contributed by atoms with Crippen molar-refractivity contribution >= 4 is 0 Å². The summed E-state index contributed by atoms with van der Waals surface area (Å²) < 4.78 is 0. The Kier molecular flexibility index (Phi) is 616. The Morgan fingerprint density at radius 3 is 0.226 bits per heavy atom. The maximum absolute atomic E-state index is 2.00. The van der Waals surface area contributed by atoms with Gasteiger partial charge in [-0.1, -0.05) is 214 Å². The van der Waals surface area contributed by atoms with Crippen molar-refractivity contribution in [2.24, 2.45) is 0 Å². The van der Waals surface area contributed by atoms with Crippen LogP contribution in [0.3, 0.4) is 0 Å². The maximum atomic E-state index is 2.00. The molecule has 0 heteroatoms. The summed E-state index contributed by atoms with van der Waals surface area (Å²) >= 11 is 0. The summed E-state index contributed by atoms with van der Waals surface area (Å²) in [5.41, 5.74) is 0. The monoisotopic (exact) mass is 469 g/mol. The molecule has 4 fully saturated rings. The summed E-state index contributed by atoms with van der Waals surface area (Å²) in [6, 6.07) is 0. The summed E-state index contributed by atoms with van der Waals surface area (Å²) in [4.78, 5) is 0. The lowest BCUT2D eigenvalue weighted by Gasteiger charge is -1.07. The van der Waals surface area contributed by atoms with E-state index in [0.29, 0.717) is 0 Å². The first-order valence-corrected chi connectivity index (χ1v) is 10.0. The van der Waals surface area contributed by atoms with Crippen molar-refractivity contribution in [2.45, 2.75) is 214 Å². The molecule has 0 aromatic carbocycles. The normalized spacial score (nSPS) is 10.1. The van der Waals surface area contributed by atoms with Crippen LogP contribution in [0.2, 0.25) is 0 Å². The van der Waals surface area contributed by atoms with E-state index in [2.05, 4.69) is 0 Å². The van der Waals surface area contributed by atoms with E-state index in [-0.39, 0.29) is 83.1 Å². The Hall–Kier alpha value is 0. The molecule has 31 heavy (non-hydrogen) atoms. The Balaban J connectivity index is -0.00000000625. The molecule has 0 aromatic heterocycles. The van der Waals surface area contributed by atoms with Crippen LogP contribution in [0.1, 0.15) is 216 Å². The summed E-state index contributed by atoms with van der Waals surface area (Å²) in [7, 11) is 0. The molecule has 0 heterocycles. The SMILES string of the molecule is C.C.C.C.C.C.C.C.C.C.C.C1CC1.C1CC1.C1CC1.C1CC1.CC.CC.CC.CC.[3HH]. The third kappa shape index (κ3) is 1470. The first-order valence-electron chi connectivity index (χ1n) is 10.0. The highest BCUT2D eigenvalue weighted by Crippen LogP contribution is 2.15. The highest BCUT2D eigenvalue weighted by Gasteiger charge is 1.96. The quantitative estimate of drug-likeness (QED) is 0.331. The van der Waals surface area contributed by atoms with Crippen molar-refractivity contribution in [3.8, 4) is 0 Å². The average Bonchev–Trinajstić information content (AvgIpc) is 3.48. The Morgan fingerprint density at radius 1 is 0.194 bits per heavy atom. The largest absolute Gasteiger partial charge is 0.0776 e. The summed E-state index contributed by atoms with van der Waals surface area (Å²) in [6.07, 6.45) is 18.0. The zero-order chi connectivity index (χ0) is 16.5. The molecular formula is C31H94. The van der Waals surface area contributed by atoms with Gasteiger partial charge in [-0.3, -0.25) is 0 Å². The molecule has 0 radical (unpaired) electrons. The molecule has 4 saturated carbocycles. The van der Waals surface area contributed by atoms with Crippen molar-refractivity contribution in [3.05, 3.63) is 0 Å². The molecule has 0 N–H and O–H groups in total. The van der Waals surface area contributed by atoms with E-state index in [0.717, 1.165) is 0 Å². The van der Waals surface area contributed by atoms with Crippen LogP contribution < -0.4 is 0 Å². The highest BCUT2D eigenvalue weighted by atomic mass is 14.0. The van der Waals surface area contributed by atoms with Crippen molar-refractivity contribution in [3.63, 3.8) is 0 Å². The van der Waals surface area contributed by atoms with Gasteiger partial charge in [-0.2, -0.15) is 0 Å². The molecule has 0 unspecified atom stereocenters. The van der Waals surface area contributed by atoms with Gasteiger partial charge in [0.05, 0.1) is 0 Å². The second-order valence-electron chi connectivity index (χ2n) is 4.24. The van der Waals surface area contributed by atoms with Gasteiger partial charge in [0.2, 0.25) is 0 Å². The third-order valence-corrected chi connectivity index (χ3v) is 1.41. The Bertz CT molecular complexity index is 49.4. The van der Waals surface area contributed by atoms with Gasteiger partial charge < -0.3 is 0 Å². The van der Waals surface area contributed by atoms with E-state index in [1.54, 1.807) is 0 Å². The second-order valence-corrected chi connectivity index (χ2v) is 4.24. The predicted molar refractivity (Wildman–Crippen MR) is 177 cm³/mol. The van der Waals surface area contributed by atoms with Crippen LogP contribution >= 0.6 is 0 Å². The minimum Gasteiger partial charge on any atom is -0.0776 e. The van der Waals surface area contributed by atoms with E-state index in [4.69, 9.17) is 0 Å². The summed E-state index contributed by atoms with van der Waals surface area (Å²) in [5, 5.41) is 0. The maximum Gasteiger partial charge on any atom is 0 e. The van der Waals surface area contributed by atoms with Crippen LogP contribution in [0.15, 0.2) is 0 Å². The molecule has 4 aliphatic rings. The van der Waals surface area contributed by atoms with Gasteiger partial charge in [-0.25, -0.2) is 0 Å². The molecule has 0 aliphatic heterocycles. The van der Waals surface area contributed by atoms with E-state index < -0.39 is 0 Å². The van der Waals surface area contributed by atoms with Gasteiger partial charge in [0, 0.05) is 1.43 Å². The van der Waals surface area contributed by atoms with Gasteiger partial charge >= 0.3 is 0 Å². The number of hydrogen-bond acceptors (Lipinski definition) is 0. The fourth-order valence-electron chi connectivity index (χ4n) is 0. The third-order valence-electron chi connectivity index (χ3n) is 1.41. The number of rotatable bonds is 0. The van der Waals surface area contributed by atoms with Crippen LogP contribution in [0.4, 0.5) is 0 Å². The molecule has 0 aromatic rings. The summed E-state index contributed by atoms with van der Waals surface area (Å²) in [6.45, 7) is 16.0. The minimum atomic E-state index is 0. The van der Waals surface area contributed by atoms with E-state index in [1.165, 1.54) is 77.0 Å². The topological polar surface area (TPSA) is 0 Å². The Labute approximate surface area is 215 Å². The molecule has 0 atom stereocenters. The molecule has 218 valence electrons. The number of hydrogen-bond donors (Lipinski definition) is 0. The highest BCUT2D eigenvalue weighted by molar-refractivity contribution is 4.51. The molecular weight excluding hydrogens is 372 g/mol. The van der Waals surface area contributed by atoms with Gasteiger partial charge in [0.25, 0.3) is 0 Å². The average molecular weight is 469 g/mol. The lowest BCUT2D eigenvalue weighted by Crippen LogP contribution is -0.856. The first-order chi connectivity index (χ1) is 10.0.